The van der Waals surface area contributed by atoms with E-state index in [1.54, 1.807) is 30.6 Å². The van der Waals surface area contributed by atoms with Gasteiger partial charge in [-0.15, -0.1) is 0 Å². The first-order chi connectivity index (χ1) is 30.7. The molecule has 9 rings (SSSR count). The van der Waals surface area contributed by atoms with Gasteiger partial charge in [-0.1, -0.05) is 54.8 Å². The van der Waals surface area contributed by atoms with Gasteiger partial charge < -0.3 is 29.4 Å². The van der Waals surface area contributed by atoms with Crippen LogP contribution in [-0.4, -0.2) is 91.7 Å². The summed E-state index contributed by atoms with van der Waals surface area (Å²) < 4.78 is 47.3. The molecule has 336 valence electrons. The number of hydrogen-bond donors (Lipinski definition) is 3. The van der Waals surface area contributed by atoms with Crippen LogP contribution in [0.25, 0.3) is 16.6 Å². The molecule has 14 nitrogen and oxygen atoms in total. The van der Waals surface area contributed by atoms with Crippen LogP contribution < -0.4 is 24.4 Å². The molecule has 3 fully saturated rings. The minimum atomic E-state index is -4.44. The van der Waals surface area contributed by atoms with Crippen molar-refractivity contribution in [2.75, 3.05) is 50.8 Å². The Balaban J connectivity index is 0.881. The van der Waals surface area contributed by atoms with Gasteiger partial charge in [-0.2, -0.15) is 0 Å². The van der Waals surface area contributed by atoms with Crippen molar-refractivity contribution in [1.29, 1.82) is 0 Å². The lowest BCUT2D eigenvalue weighted by Crippen LogP contribution is -2.47. The molecular formula is C47H51Cl2N7O7S. The van der Waals surface area contributed by atoms with Gasteiger partial charge in [-0.3, -0.25) is 9.69 Å². The molecule has 4 aliphatic rings. The fourth-order valence-electron chi connectivity index (χ4n) is 9.23. The van der Waals surface area contributed by atoms with E-state index in [4.69, 9.17) is 37.4 Å². The van der Waals surface area contributed by atoms with Crippen LogP contribution in [0.4, 0.5) is 10.5 Å². The molecule has 0 atom stereocenters. The van der Waals surface area contributed by atoms with E-state index in [2.05, 4.69) is 60.8 Å². The fraction of sp³-hybridized carbons (Fsp3) is 0.404. The maximum Gasteiger partial charge on any atom is 0.407 e. The van der Waals surface area contributed by atoms with E-state index in [0.29, 0.717) is 37.4 Å². The van der Waals surface area contributed by atoms with Gasteiger partial charge >= 0.3 is 6.09 Å². The Morgan fingerprint density at radius 2 is 1.75 bits per heavy atom. The summed E-state index contributed by atoms with van der Waals surface area (Å²) in [5, 5.41) is 4.27. The number of halogens is 2. The Morgan fingerprint density at radius 1 is 0.969 bits per heavy atom. The second-order valence-corrected chi connectivity index (χ2v) is 20.7. The number of nitrogens with one attached hydrogen (secondary N) is 3. The number of aromatic amines is 1. The van der Waals surface area contributed by atoms with E-state index in [-0.39, 0.29) is 44.5 Å². The zero-order chi connectivity index (χ0) is 44.6. The molecule has 5 aromatic rings. The van der Waals surface area contributed by atoms with Gasteiger partial charge in [0.2, 0.25) is 5.88 Å². The quantitative estimate of drug-likeness (QED) is 0.109. The van der Waals surface area contributed by atoms with Crippen molar-refractivity contribution < 1.29 is 32.2 Å². The second kappa shape index (κ2) is 17.9. The van der Waals surface area contributed by atoms with Crippen LogP contribution in [0.3, 0.4) is 0 Å². The molecule has 0 bridgehead atoms. The largest absolute Gasteiger partial charge is 0.476 e. The van der Waals surface area contributed by atoms with E-state index < -0.39 is 21.5 Å². The third kappa shape index (κ3) is 9.82. The zero-order valence-corrected chi connectivity index (χ0v) is 38.1. The Bertz CT molecular complexity index is 2710. The maximum atomic E-state index is 13.9. The van der Waals surface area contributed by atoms with Crippen LogP contribution in [0.2, 0.25) is 10.0 Å². The lowest BCUT2D eigenvalue weighted by Gasteiger charge is -2.39. The van der Waals surface area contributed by atoms with Gasteiger partial charge in [0.25, 0.3) is 15.9 Å². The van der Waals surface area contributed by atoms with Gasteiger partial charge in [0.15, 0.2) is 0 Å². The zero-order valence-electron chi connectivity index (χ0n) is 35.8. The summed E-state index contributed by atoms with van der Waals surface area (Å²) in [5.74, 6) is -0.0747. The smallest absolute Gasteiger partial charge is 0.407 e. The fourth-order valence-corrected chi connectivity index (χ4v) is 10.6. The minimum absolute atomic E-state index is 0.0124. The van der Waals surface area contributed by atoms with E-state index in [9.17, 15) is 18.0 Å². The third-order valence-corrected chi connectivity index (χ3v) is 14.8. The van der Waals surface area contributed by atoms with Crippen LogP contribution in [0.5, 0.6) is 17.4 Å². The molecular weight excluding hydrogens is 878 g/mol. The molecule has 2 saturated heterocycles. The number of fused-ring (bicyclic) bond motifs is 1. The Kier molecular flexibility index (Phi) is 12.3. The topological polar surface area (TPSA) is 168 Å². The predicted molar refractivity (Wildman–Crippen MR) is 246 cm³/mol. The molecule has 2 aliphatic carbocycles. The number of alkyl carbamates (subject to hydrolysis) is 1. The van der Waals surface area contributed by atoms with Gasteiger partial charge in [0.1, 0.15) is 32.7 Å². The Morgan fingerprint density at radius 3 is 2.48 bits per heavy atom. The van der Waals surface area contributed by atoms with E-state index in [0.717, 1.165) is 87.1 Å². The summed E-state index contributed by atoms with van der Waals surface area (Å²) in [5.41, 5.74) is 5.44. The average molecular weight is 929 g/mol. The molecule has 3 aromatic heterocycles. The number of allylic oxidation sites excluding steroid dienone is 1. The average Bonchev–Trinajstić information content (AvgIpc) is 3.90. The predicted octanol–water partition coefficient (Wildman–Crippen LogP) is 9.01. The minimum Gasteiger partial charge on any atom is -0.476 e. The summed E-state index contributed by atoms with van der Waals surface area (Å²) >= 11 is 12.7. The van der Waals surface area contributed by atoms with E-state index >= 15 is 0 Å². The molecule has 2 amide bonds. The number of benzene rings is 2. The molecule has 5 heterocycles. The van der Waals surface area contributed by atoms with E-state index in [1.807, 2.05) is 24.3 Å². The molecule has 2 aliphatic heterocycles. The standard InChI is InChI=1S/C47H51Cl2N7O7S/c1-46(2)13-11-33(39(24-46)31-3-5-34(48)6-4-31)27-55-17-19-56(20-18-55)35-7-8-38(41(22-35)62-36-21-32-12-16-50-42(32)51-25-36)43(57)54-64(59,60)37-23-40(49)44(52-26-37)61-28-30-9-14-47(15-10-30)29-53-45(58)63-47/h3-8,12,16,21-23,25-26,30H,9-11,13-15,17-20,24,27-29H2,1-2H3,(H,50,51)(H,53,58)(H,54,57)/t30-,47-. The number of anilines is 1. The molecule has 1 spiro atoms. The first kappa shape index (κ1) is 43.9. The molecule has 17 heteroatoms. The number of sulfonamides is 1. The highest BCUT2D eigenvalue weighted by molar-refractivity contribution is 7.90. The van der Waals surface area contributed by atoms with Crippen molar-refractivity contribution >= 4 is 67.5 Å². The van der Waals surface area contributed by atoms with Gasteiger partial charge in [0, 0.05) is 61.1 Å². The molecule has 3 N–H and O–H groups in total. The highest BCUT2D eigenvalue weighted by Crippen LogP contribution is 2.44. The number of amides is 2. The second-order valence-electron chi connectivity index (χ2n) is 18.1. The highest BCUT2D eigenvalue weighted by Gasteiger charge is 2.43. The third-order valence-electron chi connectivity index (χ3n) is 13.0. The van der Waals surface area contributed by atoms with Gasteiger partial charge in [-0.05, 0) is 110 Å². The lowest BCUT2D eigenvalue weighted by molar-refractivity contribution is 0.00694. The van der Waals surface area contributed by atoms with Gasteiger partial charge in [0.05, 0.1) is 31.1 Å². The first-order valence-corrected chi connectivity index (χ1v) is 24.0. The molecule has 0 unspecified atom stereocenters. The number of carbonyl (C=O) groups excluding carboxylic acids is 2. The van der Waals surface area contributed by atoms with Crippen LogP contribution >= 0.6 is 23.2 Å². The Labute approximate surface area is 382 Å². The van der Waals surface area contributed by atoms with E-state index in [1.165, 1.54) is 22.8 Å². The number of carbonyl (C=O) groups is 2. The van der Waals surface area contributed by atoms with Gasteiger partial charge in [-0.25, -0.2) is 27.9 Å². The van der Waals surface area contributed by atoms with Crippen molar-refractivity contribution in [3.63, 3.8) is 0 Å². The van der Waals surface area contributed by atoms with Crippen molar-refractivity contribution in [3.05, 3.63) is 106 Å². The van der Waals surface area contributed by atoms with Crippen LogP contribution in [-0.2, 0) is 14.8 Å². The number of piperazine rings is 1. The van der Waals surface area contributed by atoms with Crippen LogP contribution in [0, 0.1) is 11.3 Å². The summed E-state index contributed by atoms with van der Waals surface area (Å²) in [4.78, 5) is 41.7. The lowest BCUT2D eigenvalue weighted by atomic mass is 9.72. The van der Waals surface area contributed by atoms with Crippen molar-refractivity contribution in [3.8, 4) is 17.4 Å². The summed E-state index contributed by atoms with van der Waals surface area (Å²) in [6.45, 7) is 9.56. The summed E-state index contributed by atoms with van der Waals surface area (Å²) in [6, 6.07) is 18.2. The van der Waals surface area contributed by atoms with Crippen molar-refractivity contribution in [2.45, 2.75) is 69.3 Å². The number of H-pyrrole nitrogens is 1. The maximum absolute atomic E-state index is 13.9. The highest BCUT2D eigenvalue weighted by atomic mass is 35.5. The van der Waals surface area contributed by atoms with Crippen molar-refractivity contribution in [2.24, 2.45) is 11.3 Å². The Hall–Kier alpha value is -5.35. The monoisotopic (exact) mass is 927 g/mol. The first-order valence-electron chi connectivity index (χ1n) is 21.7. The number of rotatable bonds is 12. The number of aromatic nitrogens is 3. The SMILES string of the molecule is CC1(C)CCC(CN2CCN(c3ccc(C(=O)NS(=O)(=O)c4cnc(OC[C@H]5CC[C@]6(CC5)CNC(=O)O6)c(Cl)c4)c(Oc4cnc5[nH]ccc5c4)c3)CC2)=C(c2ccc(Cl)cc2)C1. The number of nitrogens with zero attached hydrogens (tertiary/aromatic N) is 4. The van der Waals surface area contributed by atoms with Crippen LogP contribution in [0.1, 0.15) is 74.7 Å². The summed E-state index contributed by atoms with van der Waals surface area (Å²) in [6.07, 6.45) is 10.3. The van der Waals surface area contributed by atoms with Crippen molar-refractivity contribution in [1.82, 2.24) is 29.9 Å². The molecule has 1 saturated carbocycles. The number of hydrogen-bond acceptors (Lipinski definition) is 11. The summed E-state index contributed by atoms with van der Waals surface area (Å²) in [7, 11) is -4.44. The molecule has 2 aromatic carbocycles. The number of ether oxygens (including phenoxy) is 3. The molecule has 64 heavy (non-hydrogen) atoms. The normalized spacial score (nSPS) is 21.5. The molecule has 0 radical (unpaired) electrons. The van der Waals surface area contributed by atoms with Crippen LogP contribution in [0.15, 0.2) is 89.7 Å². The number of pyridine rings is 2.